The molecule has 0 atom stereocenters. The maximum Gasteiger partial charge on any atom is 0.209 e. The van der Waals surface area contributed by atoms with E-state index in [2.05, 4.69) is 10.2 Å². The average Bonchev–Trinajstić information content (AvgIpc) is 2.98. The summed E-state index contributed by atoms with van der Waals surface area (Å²) in [5.41, 5.74) is -0.0382. The summed E-state index contributed by atoms with van der Waals surface area (Å²) >= 11 is 0. The third-order valence-corrected chi connectivity index (χ3v) is 4.91. The molecule has 0 amide bonds. The van der Waals surface area contributed by atoms with Crippen molar-refractivity contribution < 1.29 is 17.6 Å². The van der Waals surface area contributed by atoms with Gasteiger partial charge in [0.25, 0.3) is 0 Å². The molecule has 3 rings (SSSR count). The van der Waals surface area contributed by atoms with Gasteiger partial charge in [-0.25, -0.2) is 12.8 Å². The Morgan fingerprint density at radius 2 is 1.90 bits per heavy atom. The number of carbonyl (C=O) groups is 1. The quantitative estimate of drug-likeness (QED) is 0.753. The highest BCUT2D eigenvalue weighted by atomic mass is 32.2. The van der Waals surface area contributed by atoms with Crippen LogP contribution in [0.2, 0.25) is 0 Å². The third-order valence-electron chi connectivity index (χ3n) is 3.14. The predicted molar refractivity (Wildman–Crippen MR) is 73.3 cm³/mol. The molecule has 0 fully saturated rings. The van der Waals surface area contributed by atoms with Crippen molar-refractivity contribution in [1.82, 2.24) is 10.2 Å². The minimum atomic E-state index is -4.05. The van der Waals surface area contributed by atoms with Gasteiger partial charge in [0.05, 0.1) is 11.1 Å². The number of hydrogen-bond donors (Lipinski definition) is 1. The molecular formula is C14H9FN2O3S. The molecular weight excluding hydrogens is 295 g/mol. The minimum Gasteiger partial charge on any atom is -0.298 e. The van der Waals surface area contributed by atoms with E-state index in [0.29, 0.717) is 6.29 Å². The minimum absolute atomic E-state index is 0.0420. The Balaban J connectivity index is 2.35. The summed E-state index contributed by atoms with van der Waals surface area (Å²) < 4.78 is 39.4. The van der Waals surface area contributed by atoms with E-state index in [4.69, 9.17) is 0 Å². The highest BCUT2D eigenvalue weighted by Gasteiger charge is 2.25. The Hall–Kier alpha value is -2.54. The van der Waals surface area contributed by atoms with Crippen LogP contribution in [0.1, 0.15) is 10.4 Å². The monoisotopic (exact) mass is 304 g/mol. The number of aldehydes is 1. The number of sulfone groups is 1. The zero-order valence-electron chi connectivity index (χ0n) is 10.6. The van der Waals surface area contributed by atoms with E-state index in [1.807, 2.05) is 0 Å². The van der Waals surface area contributed by atoms with Gasteiger partial charge in [-0.2, -0.15) is 5.10 Å². The molecule has 0 radical (unpaired) electrons. The van der Waals surface area contributed by atoms with Crippen LogP contribution in [0.25, 0.3) is 10.9 Å². The maximum atomic E-state index is 14.4. The smallest absolute Gasteiger partial charge is 0.209 e. The molecule has 106 valence electrons. The van der Waals surface area contributed by atoms with Crippen molar-refractivity contribution in [3.8, 4) is 0 Å². The average molecular weight is 304 g/mol. The van der Waals surface area contributed by atoms with Gasteiger partial charge in [0.1, 0.15) is 10.4 Å². The summed E-state index contributed by atoms with van der Waals surface area (Å²) in [4.78, 5) is 10.5. The van der Waals surface area contributed by atoms with Gasteiger partial charge in [-0.15, -0.1) is 0 Å². The Morgan fingerprint density at radius 1 is 1.19 bits per heavy atom. The van der Waals surface area contributed by atoms with Crippen molar-refractivity contribution in [2.45, 2.75) is 9.79 Å². The molecule has 0 aliphatic carbocycles. The van der Waals surface area contributed by atoms with E-state index in [0.717, 1.165) is 6.07 Å². The predicted octanol–water partition coefficient (Wildman–Crippen LogP) is 2.35. The molecule has 0 aliphatic heterocycles. The fraction of sp³-hybridized carbons (Fsp3) is 0. The highest BCUT2D eigenvalue weighted by Crippen LogP contribution is 2.29. The Morgan fingerprint density at radius 3 is 2.57 bits per heavy atom. The topological polar surface area (TPSA) is 79.9 Å². The summed E-state index contributed by atoms with van der Waals surface area (Å²) in [7, 11) is -4.05. The first-order chi connectivity index (χ1) is 10.1. The highest BCUT2D eigenvalue weighted by molar-refractivity contribution is 7.91. The van der Waals surface area contributed by atoms with Gasteiger partial charge < -0.3 is 0 Å². The lowest BCUT2D eigenvalue weighted by molar-refractivity contribution is 0.112. The second kappa shape index (κ2) is 4.78. The molecule has 1 N–H and O–H groups in total. The third kappa shape index (κ3) is 2.02. The molecule has 7 heteroatoms. The van der Waals surface area contributed by atoms with Crippen LogP contribution in [0.3, 0.4) is 0 Å². The number of rotatable bonds is 3. The summed E-state index contributed by atoms with van der Waals surface area (Å²) in [6.45, 7) is 0. The van der Waals surface area contributed by atoms with Crippen LogP contribution in [-0.2, 0) is 9.84 Å². The number of benzene rings is 2. The van der Waals surface area contributed by atoms with Crippen molar-refractivity contribution in [3.63, 3.8) is 0 Å². The summed E-state index contributed by atoms with van der Waals surface area (Å²) in [5, 5.41) is 6.27. The first-order valence-corrected chi connectivity index (χ1v) is 7.45. The van der Waals surface area contributed by atoms with Gasteiger partial charge in [0.2, 0.25) is 9.84 Å². The van der Waals surface area contributed by atoms with Gasteiger partial charge in [0, 0.05) is 10.9 Å². The number of carbonyl (C=O) groups excluding carboxylic acids is 1. The Bertz CT molecular complexity index is 934. The first-order valence-electron chi connectivity index (χ1n) is 5.96. The van der Waals surface area contributed by atoms with Crippen LogP contribution in [0.4, 0.5) is 4.39 Å². The molecule has 1 aromatic heterocycles. The number of nitrogens with zero attached hydrogens (tertiary/aromatic N) is 1. The fourth-order valence-electron chi connectivity index (χ4n) is 2.10. The molecule has 0 unspecified atom stereocenters. The lowest BCUT2D eigenvalue weighted by Gasteiger charge is -2.07. The Kier molecular flexibility index (Phi) is 3.06. The van der Waals surface area contributed by atoms with Crippen molar-refractivity contribution in [2.24, 2.45) is 0 Å². The molecule has 0 saturated carbocycles. The van der Waals surface area contributed by atoms with Crippen molar-refractivity contribution in [2.75, 3.05) is 0 Å². The number of aromatic nitrogens is 2. The number of hydrogen-bond acceptors (Lipinski definition) is 4. The second-order valence-corrected chi connectivity index (χ2v) is 6.29. The maximum absolute atomic E-state index is 14.4. The van der Waals surface area contributed by atoms with Crippen LogP contribution in [0.5, 0.6) is 0 Å². The number of halogens is 1. The van der Waals surface area contributed by atoms with E-state index >= 15 is 0 Å². The van der Waals surface area contributed by atoms with Crippen LogP contribution < -0.4 is 0 Å². The molecule has 0 spiro atoms. The molecule has 0 saturated heterocycles. The van der Waals surface area contributed by atoms with Crippen molar-refractivity contribution >= 4 is 27.0 Å². The summed E-state index contributed by atoms with van der Waals surface area (Å²) in [6, 6.07) is 8.51. The van der Waals surface area contributed by atoms with E-state index < -0.39 is 20.5 Å². The second-order valence-electron chi connectivity index (χ2n) is 4.37. The lowest BCUT2D eigenvalue weighted by Crippen LogP contribution is -2.06. The standard InChI is InChI=1S/C14H9FN2O3S/c15-13-12(21(19,20)10-4-2-1-3-5-10)6-9(8-18)11-7-16-17-14(11)13/h1-8H,(H,16,17). The number of nitrogens with one attached hydrogen (secondary N) is 1. The van der Waals surface area contributed by atoms with E-state index in [1.165, 1.54) is 18.3 Å². The van der Waals surface area contributed by atoms with Crippen LogP contribution in [0.15, 0.2) is 52.4 Å². The van der Waals surface area contributed by atoms with Gasteiger partial charge >= 0.3 is 0 Å². The van der Waals surface area contributed by atoms with Gasteiger partial charge in [-0.3, -0.25) is 9.89 Å². The zero-order valence-corrected chi connectivity index (χ0v) is 11.4. The van der Waals surface area contributed by atoms with E-state index in [1.54, 1.807) is 18.2 Å². The van der Waals surface area contributed by atoms with Gasteiger partial charge in [0.15, 0.2) is 12.1 Å². The van der Waals surface area contributed by atoms with Crippen molar-refractivity contribution in [3.05, 3.63) is 54.0 Å². The molecule has 0 bridgehead atoms. The van der Waals surface area contributed by atoms with Crippen molar-refractivity contribution in [1.29, 1.82) is 0 Å². The normalized spacial score (nSPS) is 11.7. The molecule has 3 aromatic rings. The number of fused-ring (bicyclic) bond motifs is 1. The zero-order chi connectivity index (χ0) is 15.0. The van der Waals surface area contributed by atoms with Crippen LogP contribution in [0, 0.1) is 5.82 Å². The fourth-order valence-corrected chi connectivity index (χ4v) is 3.49. The lowest BCUT2D eigenvalue weighted by atomic mass is 10.1. The SMILES string of the molecule is O=Cc1cc(S(=O)(=O)c2ccccc2)c(F)c2[nH]ncc12. The summed E-state index contributed by atoms with van der Waals surface area (Å²) in [6.07, 6.45) is 1.75. The summed E-state index contributed by atoms with van der Waals surface area (Å²) in [5.74, 6) is -0.947. The van der Waals surface area contributed by atoms with Crippen LogP contribution >= 0.6 is 0 Å². The first kappa shape index (κ1) is 13.4. The number of aromatic amines is 1. The molecule has 1 heterocycles. The Labute approximate surface area is 119 Å². The molecule has 0 aliphatic rings. The van der Waals surface area contributed by atoms with E-state index in [9.17, 15) is 17.6 Å². The van der Waals surface area contributed by atoms with Gasteiger partial charge in [-0.1, -0.05) is 18.2 Å². The van der Waals surface area contributed by atoms with E-state index in [-0.39, 0.29) is 21.4 Å². The van der Waals surface area contributed by atoms with Gasteiger partial charge in [-0.05, 0) is 18.2 Å². The number of H-pyrrole nitrogens is 1. The van der Waals surface area contributed by atoms with Crippen LogP contribution in [-0.4, -0.2) is 24.9 Å². The molecule has 2 aromatic carbocycles. The molecule has 21 heavy (non-hydrogen) atoms. The molecule has 5 nitrogen and oxygen atoms in total. The largest absolute Gasteiger partial charge is 0.298 e.